The van der Waals surface area contributed by atoms with Crippen LogP contribution in [0.4, 0.5) is 0 Å². The number of hydrogen-bond acceptors (Lipinski definition) is 5. The van der Waals surface area contributed by atoms with E-state index in [2.05, 4.69) is 10.5 Å². The van der Waals surface area contributed by atoms with Crippen molar-refractivity contribution in [2.75, 3.05) is 6.54 Å². The minimum atomic E-state index is -1.22. The van der Waals surface area contributed by atoms with Crippen LogP contribution in [-0.2, 0) is 19.2 Å². The van der Waals surface area contributed by atoms with Crippen LogP contribution in [0, 0.1) is 5.41 Å². The van der Waals surface area contributed by atoms with Crippen molar-refractivity contribution in [3.8, 4) is 0 Å². The molecule has 1 aliphatic rings. The molecule has 2 amide bonds. The Hall–Kier alpha value is -2.12. The molecule has 0 spiro atoms. The van der Waals surface area contributed by atoms with Gasteiger partial charge in [-0.25, -0.2) is 4.79 Å². The van der Waals surface area contributed by atoms with Gasteiger partial charge in [-0.1, -0.05) is 5.16 Å². The molecule has 0 aromatic carbocycles. The van der Waals surface area contributed by atoms with Crippen molar-refractivity contribution in [1.82, 2.24) is 5.32 Å². The normalized spacial score (nSPS) is 18.8. The third-order valence-electron chi connectivity index (χ3n) is 2.58. The summed E-state index contributed by atoms with van der Waals surface area (Å²) >= 11 is 0. The number of nitrogens with one attached hydrogen (secondary N) is 1. The summed E-state index contributed by atoms with van der Waals surface area (Å²) in [6.07, 6.45) is -1.07. The van der Waals surface area contributed by atoms with Gasteiger partial charge in [0.1, 0.15) is 0 Å². The van der Waals surface area contributed by atoms with E-state index in [-0.39, 0.29) is 18.7 Å². The molecule has 0 aromatic rings. The number of oxime groups is 1. The van der Waals surface area contributed by atoms with Gasteiger partial charge in [-0.2, -0.15) is 0 Å². The predicted octanol–water partition coefficient (Wildman–Crippen LogP) is -1.16. The molecule has 1 aliphatic heterocycles. The largest absolute Gasteiger partial charge is 0.477 e. The zero-order chi connectivity index (χ0) is 13.9. The van der Waals surface area contributed by atoms with Crippen LogP contribution in [-0.4, -0.2) is 41.3 Å². The number of aliphatic carboxylic acids is 1. The minimum Gasteiger partial charge on any atom is -0.477 e. The molecule has 1 unspecified atom stereocenters. The molecule has 0 aromatic heterocycles. The highest BCUT2D eigenvalue weighted by Gasteiger charge is 2.33. The summed E-state index contributed by atoms with van der Waals surface area (Å²) < 4.78 is 0. The highest BCUT2D eigenvalue weighted by Crippen LogP contribution is 2.14. The number of amides is 2. The third-order valence-corrected chi connectivity index (χ3v) is 2.58. The van der Waals surface area contributed by atoms with Gasteiger partial charge in [0, 0.05) is 13.0 Å². The second-order valence-corrected chi connectivity index (χ2v) is 4.61. The maximum Gasteiger partial charge on any atom is 0.353 e. The average molecular weight is 257 g/mol. The number of carbonyl (C=O) groups excluding carboxylic acids is 2. The molecule has 1 heterocycles. The Morgan fingerprint density at radius 2 is 2.17 bits per heavy atom. The average Bonchev–Trinajstić information content (AvgIpc) is 2.75. The van der Waals surface area contributed by atoms with E-state index in [9.17, 15) is 14.4 Å². The summed E-state index contributed by atoms with van der Waals surface area (Å²) in [6.45, 7) is 3.22. The summed E-state index contributed by atoms with van der Waals surface area (Å²) in [5.41, 5.74) is 4.06. The number of carboxylic acid groups (broad SMARTS) is 1. The van der Waals surface area contributed by atoms with Crippen molar-refractivity contribution in [2.45, 2.75) is 26.4 Å². The number of hydrogen-bond donors (Lipinski definition) is 3. The standard InChI is InChI=1S/C10H15N3O5/c1-10(2,9(11)17)4-12-7(14)6-3-5(8(15)16)13-18-6/h6H,3-4H2,1-2H3,(H2,11,17)(H,12,14)(H,15,16). The molecule has 0 saturated carbocycles. The summed E-state index contributed by atoms with van der Waals surface area (Å²) in [5.74, 6) is -2.29. The summed E-state index contributed by atoms with van der Waals surface area (Å²) in [6, 6.07) is 0. The van der Waals surface area contributed by atoms with Crippen molar-refractivity contribution < 1.29 is 24.3 Å². The van der Waals surface area contributed by atoms with Crippen molar-refractivity contribution in [3.05, 3.63) is 0 Å². The van der Waals surface area contributed by atoms with Gasteiger partial charge in [0.05, 0.1) is 5.41 Å². The highest BCUT2D eigenvalue weighted by atomic mass is 16.6. The highest BCUT2D eigenvalue weighted by molar-refractivity contribution is 6.36. The molecule has 0 saturated heterocycles. The maximum atomic E-state index is 11.6. The number of carboxylic acids is 1. The Morgan fingerprint density at radius 1 is 1.56 bits per heavy atom. The molecule has 8 nitrogen and oxygen atoms in total. The van der Waals surface area contributed by atoms with Gasteiger partial charge in [-0.15, -0.1) is 0 Å². The molecule has 1 rings (SSSR count). The number of rotatable bonds is 5. The van der Waals surface area contributed by atoms with Crippen molar-refractivity contribution in [1.29, 1.82) is 0 Å². The fraction of sp³-hybridized carbons (Fsp3) is 0.600. The SMILES string of the molecule is CC(C)(CNC(=O)C1CC(C(=O)O)=NO1)C(N)=O. The van der Waals surface area contributed by atoms with E-state index < -0.39 is 29.3 Å². The number of primary amides is 1. The molecule has 0 radical (unpaired) electrons. The van der Waals surface area contributed by atoms with Gasteiger partial charge in [-0.05, 0) is 13.8 Å². The Balaban J connectivity index is 2.45. The first kappa shape index (κ1) is 13.9. The number of nitrogens with zero attached hydrogens (tertiary/aromatic N) is 1. The van der Waals surface area contributed by atoms with E-state index in [0.29, 0.717) is 0 Å². The van der Waals surface area contributed by atoms with Crippen LogP contribution in [0.5, 0.6) is 0 Å². The van der Waals surface area contributed by atoms with E-state index >= 15 is 0 Å². The van der Waals surface area contributed by atoms with E-state index in [1.54, 1.807) is 13.8 Å². The maximum absolute atomic E-state index is 11.6. The molecule has 4 N–H and O–H groups in total. The first-order valence-electron chi connectivity index (χ1n) is 5.27. The van der Waals surface area contributed by atoms with E-state index in [4.69, 9.17) is 15.7 Å². The van der Waals surface area contributed by atoms with Gasteiger partial charge in [0.2, 0.25) is 12.0 Å². The van der Waals surface area contributed by atoms with E-state index in [1.807, 2.05) is 0 Å². The van der Waals surface area contributed by atoms with Crippen LogP contribution in [0.1, 0.15) is 20.3 Å². The van der Waals surface area contributed by atoms with Crippen molar-refractivity contribution in [2.24, 2.45) is 16.3 Å². The molecule has 1 atom stereocenters. The summed E-state index contributed by atoms with van der Waals surface area (Å²) in [7, 11) is 0. The third kappa shape index (κ3) is 3.19. The van der Waals surface area contributed by atoms with Crippen molar-refractivity contribution in [3.63, 3.8) is 0 Å². The molecule has 0 fully saturated rings. The first-order chi connectivity index (χ1) is 8.24. The lowest BCUT2D eigenvalue weighted by molar-refractivity contribution is -0.132. The van der Waals surface area contributed by atoms with Crippen LogP contribution in [0.2, 0.25) is 0 Å². The van der Waals surface area contributed by atoms with Crippen LogP contribution in [0.15, 0.2) is 5.16 Å². The second kappa shape index (κ2) is 5.03. The zero-order valence-corrected chi connectivity index (χ0v) is 10.1. The van der Waals surface area contributed by atoms with Crippen LogP contribution in [0.25, 0.3) is 0 Å². The van der Waals surface area contributed by atoms with E-state index in [0.717, 1.165) is 0 Å². The topological polar surface area (TPSA) is 131 Å². The Labute approximate surface area is 103 Å². The molecule has 100 valence electrons. The molecule has 18 heavy (non-hydrogen) atoms. The first-order valence-corrected chi connectivity index (χ1v) is 5.27. The Kier molecular flexibility index (Phi) is 3.89. The Morgan fingerprint density at radius 3 is 2.61 bits per heavy atom. The van der Waals surface area contributed by atoms with Crippen LogP contribution in [0.3, 0.4) is 0 Å². The Bertz CT molecular complexity index is 416. The molecule has 0 bridgehead atoms. The van der Waals surface area contributed by atoms with Crippen molar-refractivity contribution >= 4 is 23.5 Å². The zero-order valence-electron chi connectivity index (χ0n) is 10.1. The van der Waals surface area contributed by atoms with Gasteiger partial charge >= 0.3 is 5.97 Å². The smallest absolute Gasteiger partial charge is 0.353 e. The molecular formula is C10H15N3O5. The van der Waals surface area contributed by atoms with Gasteiger partial charge < -0.3 is 21.0 Å². The van der Waals surface area contributed by atoms with Gasteiger partial charge in [0.15, 0.2) is 5.71 Å². The fourth-order valence-corrected chi connectivity index (χ4v) is 1.15. The summed E-state index contributed by atoms with van der Waals surface area (Å²) in [4.78, 5) is 37.9. The van der Waals surface area contributed by atoms with Crippen LogP contribution >= 0.6 is 0 Å². The minimum absolute atomic E-state index is 0.0451. The lowest BCUT2D eigenvalue weighted by Gasteiger charge is -2.21. The summed E-state index contributed by atoms with van der Waals surface area (Å²) in [5, 5.41) is 14.4. The van der Waals surface area contributed by atoms with Gasteiger partial charge in [0.25, 0.3) is 5.91 Å². The fourth-order valence-electron chi connectivity index (χ4n) is 1.15. The lowest BCUT2D eigenvalue weighted by Crippen LogP contribution is -2.45. The molecule has 8 heteroatoms. The van der Waals surface area contributed by atoms with Crippen LogP contribution < -0.4 is 11.1 Å². The lowest BCUT2D eigenvalue weighted by atomic mass is 9.92. The number of carbonyl (C=O) groups is 3. The number of nitrogens with two attached hydrogens (primary N) is 1. The van der Waals surface area contributed by atoms with Gasteiger partial charge in [-0.3, -0.25) is 9.59 Å². The second-order valence-electron chi connectivity index (χ2n) is 4.61. The quantitative estimate of drug-likeness (QED) is 0.572. The monoisotopic (exact) mass is 257 g/mol. The molecule has 0 aliphatic carbocycles. The van der Waals surface area contributed by atoms with E-state index in [1.165, 1.54) is 0 Å². The predicted molar refractivity (Wildman–Crippen MR) is 60.5 cm³/mol. The molecular weight excluding hydrogens is 242 g/mol.